The molecule has 0 bridgehead atoms. The van der Waals surface area contributed by atoms with Crippen molar-refractivity contribution in [3.05, 3.63) is 41.7 Å². The molecule has 2 amide bonds. The van der Waals surface area contributed by atoms with E-state index in [4.69, 9.17) is 0 Å². The van der Waals surface area contributed by atoms with Crippen LogP contribution in [0.15, 0.2) is 35.4 Å². The highest BCUT2D eigenvalue weighted by Crippen LogP contribution is 2.31. The zero-order valence-corrected chi connectivity index (χ0v) is 12.2. The lowest BCUT2D eigenvalue weighted by Gasteiger charge is -2.27. The lowest BCUT2D eigenvalue weighted by Crippen LogP contribution is -2.45. The van der Waals surface area contributed by atoms with Crippen LogP contribution in [0.4, 0.5) is 16.4 Å². The Kier molecular flexibility index (Phi) is 2.91. The maximum Gasteiger partial charge on any atom is 0.343 e. The Hall–Kier alpha value is -2.48. The molecule has 0 aromatic carbocycles. The van der Waals surface area contributed by atoms with Gasteiger partial charge in [-0.2, -0.15) is 4.31 Å². The molecule has 21 heavy (non-hydrogen) atoms. The van der Waals surface area contributed by atoms with Crippen LogP contribution in [-0.4, -0.2) is 24.4 Å². The average Bonchev–Trinajstić information content (AvgIpc) is 2.42. The Morgan fingerprint density at radius 2 is 1.95 bits per heavy atom. The van der Waals surface area contributed by atoms with E-state index in [-0.39, 0.29) is 16.5 Å². The van der Waals surface area contributed by atoms with Crippen LogP contribution in [0.3, 0.4) is 0 Å². The molecule has 1 N–H and O–H groups in total. The van der Waals surface area contributed by atoms with E-state index in [1.54, 1.807) is 13.0 Å². The van der Waals surface area contributed by atoms with Gasteiger partial charge in [-0.15, -0.1) is 0 Å². The first-order chi connectivity index (χ1) is 9.91. The van der Waals surface area contributed by atoms with Gasteiger partial charge < -0.3 is 0 Å². The quantitative estimate of drug-likeness (QED) is 0.867. The Morgan fingerprint density at radius 1 is 1.19 bits per heavy atom. The molecule has 8 heteroatoms. The number of hydrogen-bond acceptors (Lipinski definition) is 5. The summed E-state index contributed by atoms with van der Waals surface area (Å²) < 4.78 is 25.8. The van der Waals surface area contributed by atoms with Gasteiger partial charge in [0, 0.05) is 11.9 Å². The third kappa shape index (κ3) is 2.04. The van der Waals surface area contributed by atoms with E-state index >= 15 is 0 Å². The number of amides is 2. The van der Waals surface area contributed by atoms with Crippen molar-refractivity contribution in [3.8, 4) is 0 Å². The molecule has 0 atom stereocenters. The van der Waals surface area contributed by atoms with Crippen molar-refractivity contribution in [2.24, 2.45) is 0 Å². The van der Waals surface area contributed by atoms with Gasteiger partial charge in [0.1, 0.15) is 4.90 Å². The third-order valence-electron chi connectivity index (χ3n) is 3.24. The van der Waals surface area contributed by atoms with Crippen molar-refractivity contribution in [1.29, 1.82) is 0 Å². The third-order valence-corrected chi connectivity index (χ3v) is 4.96. The zero-order valence-electron chi connectivity index (χ0n) is 11.4. The predicted molar refractivity (Wildman–Crippen MR) is 76.6 cm³/mol. The number of sulfonamides is 1. The molecule has 2 aromatic heterocycles. The summed E-state index contributed by atoms with van der Waals surface area (Å²) in [5, 5.41) is 2.45. The maximum atomic E-state index is 12.6. The Labute approximate surface area is 121 Å². The minimum Gasteiger partial charge on any atom is -0.290 e. The van der Waals surface area contributed by atoms with E-state index < -0.39 is 16.1 Å². The highest BCUT2D eigenvalue weighted by molar-refractivity contribution is 7.93. The molecule has 0 saturated heterocycles. The van der Waals surface area contributed by atoms with Crippen molar-refractivity contribution in [3.63, 3.8) is 0 Å². The first-order valence-electron chi connectivity index (χ1n) is 6.17. The summed E-state index contributed by atoms with van der Waals surface area (Å²) in [5.41, 5.74) is 1.57. The van der Waals surface area contributed by atoms with Gasteiger partial charge in [-0.1, -0.05) is 6.07 Å². The molecule has 0 aliphatic carbocycles. The molecule has 0 fully saturated rings. The molecule has 2 aromatic rings. The number of nitrogens with one attached hydrogen (secondary N) is 1. The van der Waals surface area contributed by atoms with Crippen LogP contribution in [0.2, 0.25) is 0 Å². The van der Waals surface area contributed by atoms with Crippen LogP contribution in [0.5, 0.6) is 0 Å². The second-order valence-electron chi connectivity index (χ2n) is 4.62. The molecule has 3 rings (SSSR count). The van der Waals surface area contributed by atoms with E-state index in [1.165, 1.54) is 24.4 Å². The zero-order chi connectivity index (χ0) is 15.2. The van der Waals surface area contributed by atoms with Gasteiger partial charge >= 0.3 is 6.03 Å². The van der Waals surface area contributed by atoms with E-state index in [1.807, 2.05) is 6.92 Å². The molecular formula is C13H12N4O3S. The van der Waals surface area contributed by atoms with Crippen LogP contribution in [0.25, 0.3) is 0 Å². The van der Waals surface area contributed by atoms with Gasteiger partial charge in [0.25, 0.3) is 10.0 Å². The highest BCUT2D eigenvalue weighted by Gasteiger charge is 2.39. The number of hydrogen-bond donors (Lipinski definition) is 1. The van der Waals surface area contributed by atoms with Gasteiger partial charge in [-0.3, -0.25) is 5.32 Å². The first-order valence-corrected chi connectivity index (χ1v) is 7.61. The van der Waals surface area contributed by atoms with E-state index in [2.05, 4.69) is 15.3 Å². The van der Waals surface area contributed by atoms with Gasteiger partial charge in [0.2, 0.25) is 0 Å². The monoisotopic (exact) mass is 304 g/mol. The van der Waals surface area contributed by atoms with Crippen molar-refractivity contribution in [2.75, 3.05) is 9.62 Å². The molecule has 0 saturated carbocycles. The van der Waals surface area contributed by atoms with Gasteiger partial charge in [-0.05, 0) is 37.6 Å². The lowest BCUT2D eigenvalue weighted by molar-refractivity contribution is 0.259. The topological polar surface area (TPSA) is 92.3 Å². The smallest absolute Gasteiger partial charge is 0.290 e. The van der Waals surface area contributed by atoms with Crippen LogP contribution >= 0.6 is 0 Å². The van der Waals surface area contributed by atoms with Gasteiger partial charge in [-0.25, -0.2) is 23.2 Å². The van der Waals surface area contributed by atoms with Crippen LogP contribution < -0.4 is 9.62 Å². The fourth-order valence-corrected chi connectivity index (χ4v) is 3.42. The summed E-state index contributed by atoms with van der Waals surface area (Å²) in [7, 11) is -4.02. The van der Waals surface area contributed by atoms with Gasteiger partial charge in [0.05, 0.1) is 0 Å². The molecule has 0 unspecified atom stereocenters. The molecule has 0 radical (unpaired) electrons. The van der Waals surface area contributed by atoms with E-state index in [0.717, 1.165) is 5.56 Å². The van der Waals surface area contributed by atoms with Crippen LogP contribution in [0, 0.1) is 13.8 Å². The maximum absolute atomic E-state index is 12.6. The summed E-state index contributed by atoms with van der Waals surface area (Å²) in [5.74, 6) is 0.0905. The fraction of sp³-hybridized carbons (Fsp3) is 0.154. The lowest BCUT2D eigenvalue weighted by atomic mass is 10.2. The van der Waals surface area contributed by atoms with Gasteiger partial charge in [0.15, 0.2) is 11.6 Å². The Morgan fingerprint density at radius 3 is 2.67 bits per heavy atom. The summed E-state index contributed by atoms with van der Waals surface area (Å²) in [6.45, 7) is 3.61. The number of nitrogens with zero attached hydrogens (tertiary/aromatic N) is 3. The average molecular weight is 304 g/mol. The largest absolute Gasteiger partial charge is 0.343 e. The minimum atomic E-state index is -4.02. The SMILES string of the molecule is Cc1ccc(N2C(=O)Nc3ncccc3S2(=O)=O)nc1C. The molecule has 0 spiro atoms. The van der Waals surface area contributed by atoms with E-state index in [9.17, 15) is 13.2 Å². The summed E-state index contributed by atoms with van der Waals surface area (Å²) >= 11 is 0. The number of carbonyl (C=O) groups is 1. The first kappa shape index (κ1) is 13.5. The van der Waals surface area contributed by atoms with E-state index in [0.29, 0.717) is 10.00 Å². The number of pyridine rings is 2. The minimum absolute atomic E-state index is 0.0302. The van der Waals surface area contributed by atoms with Crippen molar-refractivity contribution >= 4 is 27.7 Å². The molecule has 7 nitrogen and oxygen atoms in total. The summed E-state index contributed by atoms with van der Waals surface area (Å²) in [6.07, 6.45) is 1.42. The molecule has 3 heterocycles. The highest BCUT2D eigenvalue weighted by atomic mass is 32.2. The predicted octanol–water partition coefficient (Wildman–Crippen LogP) is 1.83. The van der Waals surface area contributed by atoms with Crippen molar-refractivity contribution in [1.82, 2.24) is 9.97 Å². The number of anilines is 2. The van der Waals surface area contributed by atoms with Crippen LogP contribution in [-0.2, 0) is 10.0 Å². The molecule has 108 valence electrons. The Balaban J connectivity index is 2.20. The summed E-state index contributed by atoms with van der Waals surface area (Å²) in [6, 6.07) is 5.32. The number of urea groups is 1. The number of aromatic nitrogens is 2. The van der Waals surface area contributed by atoms with Crippen molar-refractivity contribution in [2.45, 2.75) is 18.7 Å². The number of fused-ring (bicyclic) bond motifs is 1. The number of rotatable bonds is 1. The molecule has 1 aliphatic rings. The van der Waals surface area contributed by atoms with Crippen LogP contribution in [0.1, 0.15) is 11.3 Å². The fourth-order valence-electron chi connectivity index (χ4n) is 2.01. The summed E-state index contributed by atoms with van der Waals surface area (Å²) in [4.78, 5) is 20.1. The normalized spacial score (nSPS) is 16.3. The second-order valence-corrected chi connectivity index (χ2v) is 6.38. The number of carbonyl (C=O) groups excluding carboxylic acids is 1. The van der Waals surface area contributed by atoms with Crippen molar-refractivity contribution < 1.29 is 13.2 Å². The molecule has 1 aliphatic heterocycles. The Bertz CT molecular complexity index is 848. The number of aryl methyl sites for hydroxylation is 2. The standard InChI is InChI=1S/C13H12N4O3S/c1-8-5-6-11(15-9(8)2)17-13(18)16-12-10(21(17,19)20)4-3-7-14-12/h3-7H,1-2H3,(H,14,16,18). The second kappa shape index (κ2) is 4.52. The molecular weight excluding hydrogens is 292 g/mol.